The lowest BCUT2D eigenvalue weighted by atomic mass is 10.1. The minimum absolute atomic E-state index is 0.555. The lowest BCUT2D eigenvalue weighted by Gasteiger charge is -2.09. The van der Waals surface area contributed by atoms with E-state index in [0.29, 0.717) is 18.9 Å². The van der Waals surface area contributed by atoms with Gasteiger partial charge in [-0.05, 0) is 67.6 Å². The smallest absolute Gasteiger partial charge is 0.226 e. The van der Waals surface area contributed by atoms with Crippen molar-refractivity contribution in [3.05, 3.63) is 64.4 Å². The molecule has 4 aromatic rings. The van der Waals surface area contributed by atoms with Crippen molar-refractivity contribution in [2.45, 2.75) is 27.2 Å². The van der Waals surface area contributed by atoms with Crippen LogP contribution in [-0.2, 0) is 6.42 Å². The fraction of sp³-hybridized carbons (Fsp3) is 0.227. The number of ether oxygens (including phenoxy) is 1. The van der Waals surface area contributed by atoms with E-state index < -0.39 is 0 Å². The van der Waals surface area contributed by atoms with E-state index in [4.69, 9.17) is 18.7 Å². The molecule has 0 aliphatic carbocycles. The molecule has 4 rings (SSSR count). The summed E-state index contributed by atoms with van der Waals surface area (Å²) in [5, 5.41) is 3.25. The fourth-order valence-corrected chi connectivity index (χ4v) is 4.57. The summed E-state index contributed by atoms with van der Waals surface area (Å²) in [6.45, 7) is 6.54. The van der Waals surface area contributed by atoms with E-state index >= 15 is 0 Å². The Bertz CT molecular complexity index is 1110. The van der Waals surface area contributed by atoms with Gasteiger partial charge < -0.3 is 13.7 Å². The second-order valence-corrected chi connectivity index (χ2v) is 7.95. The zero-order valence-corrected chi connectivity index (χ0v) is 18.1. The van der Waals surface area contributed by atoms with E-state index in [2.05, 4.69) is 27.0 Å². The number of thiophene rings is 1. The molecule has 2 aromatic carbocycles. The monoisotopic (exact) mass is 411 g/mol. The van der Waals surface area contributed by atoms with Crippen molar-refractivity contribution >= 4 is 30.9 Å². The van der Waals surface area contributed by atoms with Crippen molar-refractivity contribution < 1.29 is 13.7 Å². The standard InChI is InChI=1S/C22H22NO3PS/c1-13-11-16(12-14(2)21(13)26-27)22-23-18(15(3)25-22)7-9-24-19-5-4-6-20-17(19)8-10-28-20/h4-6,8,10-12H,7,9,27H2,1-3H3. The molecule has 0 saturated heterocycles. The highest BCUT2D eigenvalue weighted by Gasteiger charge is 2.14. The summed E-state index contributed by atoms with van der Waals surface area (Å²) >= 11 is 1.72. The molecule has 0 saturated carbocycles. The van der Waals surface area contributed by atoms with Gasteiger partial charge in [0.15, 0.2) is 0 Å². The van der Waals surface area contributed by atoms with Crippen LogP contribution < -0.4 is 9.26 Å². The molecule has 6 heteroatoms. The maximum atomic E-state index is 6.03. The van der Waals surface area contributed by atoms with Crippen molar-refractivity contribution in [3.63, 3.8) is 0 Å². The van der Waals surface area contributed by atoms with E-state index in [9.17, 15) is 0 Å². The minimum atomic E-state index is 0.555. The summed E-state index contributed by atoms with van der Waals surface area (Å²) in [6.07, 6.45) is 0.695. The minimum Gasteiger partial charge on any atom is -0.493 e. The molecule has 0 bridgehead atoms. The van der Waals surface area contributed by atoms with Gasteiger partial charge in [0.1, 0.15) is 17.3 Å². The normalized spacial score (nSPS) is 11.1. The first-order chi connectivity index (χ1) is 13.6. The van der Waals surface area contributed by atoms with Crippen LogP contribution in [0.15, 0.2) is 46.2 Å². The third-order valence-corrected chi connectivity index (χ3v) is 5.89. The van der Waals surface area contributed by atoms with Gasteiger partial charge in [0.05, 0.1) is 21.8 Å². The van der Waals surface area contributed by atoms with Crippen LogP contribution in [0.2, 0.25) is 0 Å². The Morgan fingerprint density at radius 3 is 2.64 bits per heavy atom. The second kappa shape index (κ2) is 7.94. The van der Waals surface area contributed by atoms with Crippen molar-refractivity contribution in [2.75, 3.05) is 6.61 Å². The average Bonchev–Trinajstić information content (AvgIpc) is 3.29. The van der Waals surface area contributed by atoms with Gasteiger partial charge in [0, 0.05) is 22.1 Å². The Labute approximate surface area is 170 Å². The van der Waals surface area contributed by atoms with Gasteiger partial charge in [0.2, 0.25) is 5.89 Å². The van der Waals surface area contributed by atoms with Crippen LogP contribution in [0.3, 0.4) is 0 Å². The first-order valence-corrected chi connectivity index (χ1v) is 10.5. The number of nitrogens with zero attached hydrogens (tertiary/aromatic N) is 1. The highest BCUT2D eigenvalue weighted by Crippen LogP contribution is 2.32. The quantitative estimate of drug-likeness (QED) is 0.351. The van der Waals surface area contributed by atoms with E-state index in [-0.39, 0.29) is 0 Å². The molecule has 0 fully saturated rings. The van der Waals surface area contributed by atoms with Gasteiger partial charge >= 0.3 is 0 Å². The Morgan fingerprint density at radius 1 is 1.11 bits per heavy atom. The number of benzene rings is 2. The lowest BCUT2D eigenvalue weighted by molar-refractivity contribution is 0.323. The van der Waals surface area contributed by atoms with Crippen molar-refractivity contribution in [2.24, 2.45) is 0 Å². The third kappa shape index (κ3) is 3.65. The van der Waals surface area contributed by atoms with Crippen molar-refractivity contribution in [1.82, 2.24) is 4.98 Å². The average molecular weight is 411 g/mol. The Kier molecular flexibility index (Phi) is 5.38. The van der Waals surface area contributed by atoms with Crippen LogP contribution in [0.25, 0.3) is 21.5 Å². The Morgan fingerprint density at radius 2 is 1.89 bits per heavy atom. The first-order valence-electron chi connectivity index (χ1n) is 9.10. The number of aryl methyl sites for hydroxylation is 3. The highest BCUT2D eigenvalue weighted by molar-refractivity contribution is 7.17. The predicted molar refractivity (Wildman–Crippen MR) is 118 cm³/mol. The lowest BCUT2D eigenvalue weighted by Crippen LogP contribution is -2.03. The molecule has 1 atom stereocenters. The molecule has 2 heterocycles. The number of fused-ring (bicyclic) bond motifs is 1. The summed E-state index contributed by atoms with van der Waals surface area (Å²) in [5.41, 5.74) is 3.98. The van der Waals surface area contributed by atoms with Gasteiger partial charge in [-0.1, -0.05) is 6.07 Å². The topological polar surface area (TPSA) is 44.5 Å². The SMILES string of the molecule is Cc1cc(-c2nc(CCOc3cccc4sccc34)c(C)o2)cc(C)c1OP. The molecule has 0 N–H and O–H groups in total. The molecule has 0 amide bonds. The van der Waals surface area contributed by atoms with Crippen molar-refractivity contribution in [3.8, 4) is 23.0 Å². The molecule has 0 aliphatic rings. The maximum absolute atomic E-state index is 6.03. The molecule has 1 unspecified atom stereocenters. The van der Waals surface area contributed by atoms with E-state index in [1.165, 1.54) is 4.70 Å². The van der Waals surface area contributed by atoms with E-state index in [1.54, 1.807) is 11.3 Å². The van der Waals surface area contributed by atoms with Crippen LogP contribution in [0.1, 0.15) is 22.6 Å². The number of hydrogen-bond acceptors (Lipinski definition) is 5. The maximum Gasteiger partial charge on any atom is 0.226 e. The van der Waals surface area contributed by atoms with Crippen LogP contribution in [0.5, 0.6) is 11.5 Å². The van der Waals surface area contributed by atoms with Gasteiger partial charge in [-0.15, -0.1) is 11.3 Å². The summed E-state index contributed by atoms with van der Waals surface area (Å²) < 4.78 is 18.6. The molecule has 2 aromatic heterocycles. The largest absolute Gasteiger partial charge is 0.493 e. The summed E-state index contributed by atoms with van der Waals surface area (Å²) in [7, 11) is 2.30. The van der Waals surface area contributed by atoms with Crippen LogP contribution in [-0.4, -0.2) is 11.6 Å². The molecule has 0 spiro atoms. The first kappa shape index (κ1) is 19.0. The number of hydrogen-bond donors (Lipinski definition) is 0. The van der Waals surface area contributed by atoms with E-state index in [1.807, 2.05) is 45.0 Å². The molecule has 0 aliphatic heterocycles. The van der Waals surface area contributed by atoms with Crippen LogP contribution in [0, 0.1) is 20.8 Å². The van der Waals surface area contributed by atoms with Crippen LogP contribution in [0.4, 0.5) is 0 Å². The second-order valence-electron chi connectivity index (χ2n) is 6.77. The molecular weight excluding hydrogens is 389 g/mol. The Hall–Kier alpha value is -2.36. The van der Waals surface area contributed by atoms with Gasteiger partial charge in [-0.3, -0.25) is 0 Å². The van der Waals surface area contributed by atoms with Crippen LogP contribution >= 0.6 is 20.8 Å². The zero-order valence-electron chi connectivity index (χ0n) is 16.1. The molecular formula is C22H22NO3PS. The number of rotatable bonds is 6. The predicted octanol–water partition coefficient (Wildman–Crippen LogP) is 6.27. The fourth-order valence-electron chi connectivity index (χ4n) is 3.39. The number of aromatic nitrogens is 1. The number of oxazole rings is 1. The molecule has 4 nitrogen and oxygen atoms in total. The molecule has 144 valence electrons. The van der Waals surface area contributed by atoms with E-state index in [0.717, 1.165) is 45.0 Å². The highest BCUT2D eigenvalue weighted by atomic mass is 32.1. The zero-order chi connectivity index (χ0) is 19.7. The Balaban J connectivity index is 1.50. The molecule has 28 heavy (non-hydrogen) atoms. The van der Waals surface area contributed by atoms with Gasteiger partial charge in [-0.25, -0.2) is 4.98 Å². The van der Waals surface area contributed by atoms with Gasteiger partial charge in [0.25, 0.3) is 0 Å². The summed E-state index contributed by atoms with van der Waals surface area (Å²) in [4.78, 5) is 4.71. The van der Waals surface area contributed by atoms with Gasteiger partial charge in [-0.2, -0.15) is 0 Å². The van der Waals surface area contributed by atoms with Crippen molar-refractivity contribution in [1.29, 1.82) is 0 Å². The summed E-state index contributed by atoms with van der Waals surface area (Å²) in [6, 6.07) is 12.3. The third-order valence-electron chi connectivity index (χ3n) is 4.77. The summed E-state index contributed by atoms with van der Waals surface area (Å²) in [5.74, 6) is 3.25. The molecule has 0 radical (unpaired) electrons.